The summed E-state index contributed by atoms with van der Waals surface area (Å²) in [7, 11) is 1.95. The second kappa shape index (κ2) is 4.89. The number of hydrogen-bond donors (Lipinski definition) is 2. The molecule has 2 heterocycles. The van der Waals surface area contributed by atoms with Gasteiger partial charge in [-0.1, -0.05) is 0 Å². The number of carbonyl (C=O) groups excluding carboxylic acids is 1. The Labute approximate surface area is 101 Å². The lowest BCUT2D eigenvalue weighted by Gasteiger charge is -2.31. The molecule has 1 aliphatic rings. The maximum atomic E-state index is 12.0. The predicted molar refractivity (Wildman–Crippen MR) is 64.2 cm³/mol. The van der Waals surface area contributed by atoms with E-state index in [1.54, 1.807) is 0 Å². The number of hydrogen-bond acceptors (Lipinski definition) is 3. The van der Waals surface area contributed by atoms with Gasteiger partial charge in [0.25, 0.3) is 0 Å². The van der Waals surface area contributed by atoms with E-state index >= 15 is 0 Å². The molecule has 0 radical (unpaired) electrons. The van der Waals surface area contributed by atoms with E-state index < -0.39 is 5.54 Å². The van der Waals surface area contributed by atoms with Crippen LogP contribution in [0.2, 0.25) is 0 Å². The van der Waals surface area contributed by atoms with Gasteiger partial charge < -0.3 is 20.4 Å². The average molecular weight is 237 g/mol. The molecule has 1 amide bonds. The van der Waals surface area contributed by atoms with Crippen LogP contribution in [0.15, 0.2) is 18.5 Å². The molecule has 5 heteroatoms. The quantitative estimate of drug-likeness (QED) is 0.786. The fraction of sp³-hybridized carbons (Fsp3) is 0.583. The van der Waals surface area contributed by atoms with Crippen LogP contribution in [0.3, 0.4) is 0 Å². The van der Waals surface area contributed by atoms with E-state index in [0.717, 1.165) is 5.56 Å². The Balaban J connectivity index is 1.88. The third-order valence-corrected chi connectivity index (χ3v) is 3.18. The van der Waals surface area contributed by atoms with Crippen molar-refractivity contribution >= 4 is 5.91 Å². The van der Waals surface area contributed by atoms with Gasteiger partial charge in [0.1, 0.15) is 0 Å². The Hall–Kier alpha value is -1.33. The van der Waals surface area contributed by atoms with Crippen molar-refractivity contribution in [3.05, 3.63) is 24.0 Å². The van der Waals surface area contributed by atoms with Crippen molar-refractivity contribution < 1.29 is 9.53 Å². The van der Waals surface area contributed by atoms with Gasteiger partial charge in [0.2, 0.25) is 5.91 Å². The SMILES string of the molecule is Cn1ccc(CNC(=O)C2(N)CCOCC2)c1. The van der Waals surface area contributed by atoms with Crippen molar-refractivity contribution in [2.75, 3.05) is 13.2 Å². The summed E-state index contributed by atoms with van der Waals surface area (Å²) in [6.45, 7) is 1.66. The van der Waals surface area contributed by atoms with E-state index in [1.807, 2.05) is 30.1 Å². The van der Waals surface area contributed by atoms with Gasteiger partial charge >= 0.3 is 0 Å². The van der Waals surface area contributed by atoms with Crippen LogP contribution in [-0.4, -0.2) is 29.2 Å². The van der Waals surface area contributed by atoms with Crippen LogP contribution in [0, 0.1) is 0 Å². The van der Waals surface area contributed by atoms with Gasteiger partial charge in [-0.05, 0) is 24.5 Å². The number of nitrogens with two attached hydrogens (primary N) is 1. The molecule has 1 saturated heterocycles. The number of rotatable bonds is 3. The molecule has 1 aromatic heterocycles. The first-order valence-corrected chi connectivity index (χ1v) is 5.86. The van der Waals surface area contributed by atoms with E-state index in [-0.39, 0.29) is 5.91 Å². The van der Waals surface area contributed by atoms with Crippen molar-refractivity contribution in [2.45, 2.75) is 24.9 Å². The Morgan fingerprint density at radius 1 is 1.59 bits per heavy atom. The first kappa shape index (κ1) is 12.1. The largest absolute Gasteiger partial charge is 0.381 e. The molecule has 17 heavy (non-hydrogen) atoms. The molecule has 0 aliphatic carbocycles. The first-order chi connectivity index (χ1) is 8.10. The fourth-order valence-electron chi connectivity index (χ4n) is 1.99. The highest BCUT2D eigenvalue weighted by atomic mass is 16.5. The number of carbonyl (C=O) groups is 1. The van der Waals surface area contributed by atoms with Crippen LogP contribution in [0.4, 0.5) is 0 Å². The second-order valence-electron chi connectivity index (χ2n) is 4.64. The molecule has 0 saturated carbocycles. The van der Waals surface area contributed by atoms with Gasteiger partial charge in [0.15, 0.2) is 0 Å². The minimum absolute atomic E-state index is 0.0790. The first-order valence-electron chi connectivity index (χ1n) is 5.86. The molecule has 0 atom stereocenters. The lowest BCUT2D eigenvalue weighted by Crippen LogP contribution is -2.56. The number of amides is 1. The van der Waals surface area contributed by atoms with Crippen LogP contribution in [-0.2, 0) is 23.1 Å². The van der Waals surface area contributed by atoms with Gasteiger partial charge in [-0.15, -0.1) is 0 Å². The molecular weight excluding hydrogens is 218 g/mol. The van der Waals surface area contributed by atoms with Crippen LogP contribution in [0.1, 0.15) is 18.4 Å². The Bertz CT molecular complexity index is 394. The van der Waals surface area contributed by atoms with Crippen molar-refractivity contribution in [1.82, 2.24) is 9.88 Å². The zero-order valence-corrected chi connectivity index (χ0v) is 10.1. The van der Waals surface area contributed by atoms with E-state index in [0.29, 0.717) is 32.6 Å². The topological polar surface area (TPSA) is 69.3 Å². The minimum Gasteiger partial charge on any atom is -0.381 e. The van der Waals surface area contributed by atoms with E-state index in [2.05, 4.69) is 5.32 Å². The normalized spacial score (nSPS) is 18.9. The minimum atomic E-state index is -0.757. The maximum absolute atomic E-state index is 12.0. The molecular formula is C12H19N3O2. The number of nitrogens with one attached hydrogen (secondary N) is 1. The second-order valence-corrected chi connectivity index (χ2v) is 4.64. The summed E-state index contributed by atoms with van der Waals surface area (Å²) in [5.74, 6) is -0.0790. The van der Waals surface area contributed by atoms with Crippen molar-refractivity contribution in [2.24, 2.45) is 12.8 Å². The molecule has 0 spiro atoms. The van der Waals surface area contributed by atoms with Crippen molar-refractivity contribution in [1.29, 1.82) is 0 Å². The summed E-state index contributed by atoms with van der Waals surface area (Å²) in [4.78, 5) is 12.0. The van der Waals surface area contributed by atoms with Gasteiger partial charge in [0.05, 0.1) is 5.54 Å². The molecule has 94 valence electrons. The lowest BCUT2D eigenvalue weighted by molar-refractivity contribution is -0.129. The molecule has 1 aliphatic heterocycles. The monoisotopic (exact) mass is 237 g/mol. The third kappa shape index (κ3) is 2.87. The molecule has 2 rings (SSSR count). The van der Waals surface area contributed by atoms with E-state index in [1.165, 1.54) is 0 Å². The van der Waals surface area contributed by atoms with Crippen molar-refractivity contribution in [3.8, 4) is 0 Å². The number of aryl methyl sites for hydroxylation is 1. The highest BCUT2D eigenvalue weighted by Crippen LogP contribution is 2.17. The zero-order chi connectivity index (χ0) is 12.3. The van der Waals surface area contributed by atoms with E-state index in [4.69, 9.17) is 10.5 Å². The highest BCUT2D eigenvalue weighted by Gasteiger charge is 2.35. The van der Waals surface area contributed by atoms with Gasteiger partial charge in [-0.25, -0.2) is 0 Å². The summed E-state index contributed by atoms with van der Waals surface area (Å²) in [5.41, 5.74) is 6.40. The van der Waals surface area contributed by atoms with Gasteiger partial charge in [-0.3, -0.25) is 4.79 Å². The summed E-state index contributed by atoms with van der Waals surface area (Å²) in [6.07, 6.45) is 5.11. The average Bonchev–Trinajstić information content (AvgIpc) is 2.73. The number of aromatic nitrogens is 1. The number of nitrogens with zero attached hydrogens (tertiary/aromatic N) is 1. The summed E-state index contributed by atoms with van der Waals surface area (Å²) in [5, 5.41) is 2.89. The van der Waals surface area contributed by atoms with Crippen LogP contribution < -0.4 is 11.1 Å². The van der Waals surface area contributed by atoms with Crippen LogP contribution in [0.25, 0.3) is 0 Å². The van der Waals surface area contributed by atoms with Crippen LogP contribution >= 0.6 is 0 Å². The fourth-order valence-corrected chi connectivity index (χ4v) is 1.99. The zero-order valence-electron chi connectivity index (χ0n) is 10.1. The van der Waals surface area contributed by atoms with Gasteiger partial charge in [-0.2, -0.15) is 0 Å². The van der Waals surface area contributed by atoms with E-state index in [9.17, 15) is 4.79 Å². The summed E-state index contributed by atoms with van der Waals surface area (Å²) >= 11 is 0. The lowest BCUT2D eigenvalue weighted by atomic mass is 9.90. The third-order valence-electron chi connectivity index (χ3n) is 3.18. The molecule has 0 unspecified atom stereocenters. The molecule has 1 aromatic rings. The smallest absolute Gasteiger partial charge is 0.240 e. The Morgan fingerprint density at radius 3 is 2.88 bits per heavy atom. The summed E-state index contributed by atoms with van der Waals surface area (Å²) < 4.78 is 7.17. The molecule has 0 aromatic carbocycles. The Kier molecular flexibility index (Phi) is 3.49. The van der Waals surface area contributed by atoms with Crippen molar-refractivity contribution in [3.63, 3.8) is 0 Å². The van der Waals surface area contributed by atoms with Gasteiger partial charge in [0, 0.05) is 39.2 Å². The highest BCUT2D eigenvalue weighted by molar-refractivity contribution is 5.86. The number of ether oxygens (including phenoxy) is 1. The molecule has 5 nitrogen and oxygen atoms in total. The molecule has 3 N–H and O–H groups in total. The summed E-state index contributed by atoms with van der Waals surface area (Å²) in [6, 6.07) is 1.98. The maximum Gasteiger partial charge on any atom is 0.240 e. The standard InChI is InChI=1S/C12H19N3O2/c1-15-5-2-10(9-15)8-14-11(16)12(13)3-6-17-7-4-12/h2,5,9H,3-4,6-8,13H2,1H3,(H,14,16). The molecule has 0 bridgehead atoms. The Morgan fingerprint density at radius 2 is 2.29 bits per heavy atom. The van der Waals surface area contributed by atoms with Crippen LogP contribution in [0.5, 0.6) is 0 Å². The predicted octanol–water partition coefficient (Wildman–Crippen LogP) is 0.149. The molecule has 1 fully saturated rings.